The van der Waals surface area contributed by atoms with Crippen molar-refractivity contribution in [2.75, 3.05) is 33.2 Å². The summed E-state index contributed by atoms with van der Waals surface area (Å²) in [4.78, 5) is 6.35. The molecule has 124 valence electrons. The van der Waals surface area contributed by atoms with Gasteiger partial charge in [-0.25, -0.2) is 0 Å². The van der Waals surface area contributed by atoms with Crippen molar-refractivity contribution >= 4 is 46.7 Å². The smallest absolute Gasteiger partial charge is 0.0947 e. The number of halogens is 2. The zero-order chi connectivity index (χ0) is 16.7. The van der Waals surface area contributed by atoms with E-state index >= 15 is 0 Å². The molecule has 0 atom stereocenters. The van der Waals surface area contributed by atoms with Gasteiger partial charge >= 0.3 is 0 Å². The Morgan fingerprint density at radius 3 is 2.58 bits per heavy atom. The molecule has 2 aliphatic rings. The number of hydrogen-bond acceptors (Lipinski definition) is 2. The highest BCUT2D eigenvalue weighted by Gasteiger charge is 2.26. The van der Waals surface area contributed by atoms with Crippen LogP contribution in [0.1, 0.15) is 11.1 Å². The summed E-state index contributed by atoms with van der Waals surface area (Å²) in [6.07, 6.45) is 2.30. The highest BCUT2D eigenvalue weighted by atomic mass is 35.5. The van der Waals surface area contributed by atoms with Crippen LogP contribution in [0.15, 0.2) is 46.2 Å². The molecule has 1 saturated heterocycles. The van der Waals surface area contributed by atoms with Crippen molar-refractivity contribution in [3.05, 3.63) is 57.6 Å². The molecule has 0 aliphatic carbocycles. The van der Waals surface area contributed by atoms with Crippen LogP contribution >= 0.6 is 35.0 Å². The molecule has 0 spiro atoms. The molecule has 0 amide bonds. The van der Waals surface area contributed by atoms with Crippen molar-refractivity contribution in [3.8, 4) is 0 Å². The Morgan fingerprint density at radius 1 is 1.04 bits per heavy atom. The summed E-state index contributed by atoms with van der Waals surface area (Å²) in [5.74, 6) is 0. The Kier molecular flexibility index (Phi) is 4.52. The Bertz CT molecular complexity index is 811. The summed E-state index contributed by atoms with van der Waals surface area (Å²) in [7, 11) is 2.26. The summed E-state index contributed by atoms with van der Waals surface area (Å²) >= 11 is 14.6. The van der Waals surface area contributed by atoms with E-state index < -0.39 is 0 Å². The number of benzene rings is 2. The van der Waals surface area contributed by atoms with Gasteiger partial charge in [-0.15, -0.1) is 0 Å². The summed E-state index contributed by atoms with van der Waals surface area (Å²) < 4.78 is 0. The quantitative estimate of drug-likeness (QED) is 0.808. The van der Waals surface area contributed by atoms with E-state index in [0.29, 0.717) is 10.0 Å². The summed E-state index contributed by atoms with van der Waals surface area (Å²) in [5, 5.41) is 1.27. The van der Waals surface area contributed by atoms with Crippen molar-refractivity contribution in [1.82, 2.24) is 4.90 Å². The number of rotatable bonds is 1. The van der Waals surface area contributed by atoms with Gasteiger partial charge in [0.05, 0.1) is 43.3 Å². The highest BCUT2D eigenvalue weighted by Crippen LogP contribution is 2.46. The Hall–Kier alpha value is -1.13. The van der Waals surface area contributed by atoms with Gasteiger partial charge in [0.2, 0.25) is 0 Å². The lowest BCUT2D eigenvalue weighted by molar-refractivity contribution is -0.883. The predicted molar refractivity (Wildman–Crippen MR) is 103 cm³/mol. The molecular formula is C19H19Cl2N2S+. The second kappa shape index (κ2) is 6.64. The van der Waals surface area contributed by atoms with Crippen molar-refractivity contribution in [2.24, 2.45) is 0 Å². The van der Waals surface area contributed by atoms with E-state index in [1.54, 1.807) is 16.7 Å². The third-order valence-corrected chi connectivity index (χ3v) is 6.84. The molecule has 0 bridgehead atoms. The zero-order valence-electron chi connectivity index (χ0n) is 13.5. The molecule has 2 heterocycles. The van der Waals surface area contributed by atoms with E-state index in [1.165, 1.54) is 21.7 Å². The molecule has 2 aromatic carbocycles. The van der Waals surface area contributed by atoms with Gasteiger partial charge in [0.25, 0.3) is 0 Å². The topological polar surface area (TPSA) is 7.68 Å². The summed E-state index contributed by atoms with van der Waals surface area (Å²) in [5.41, 5.74) is 3.69. The first kappa shape index (κ1) is 16.3. The van der Waals surface area contributed by atoms with Gasteiger partial charge in [-0.2, -0.15) is 0 Å². The number of hydrogen-bond donors (Lipinski definition) is 1. The van der Waals surface area contributed by atoms with Crippen LogP contribution in [0.3, 0.4) is 0 Å². The van der Waals surface area contributed by atoms with E-state index in [1.807, 2.05) is 6.07 Å². The number of piperazine rings is 1. The zero-order valence-corrected chi connectivity index (χ0v) is 15.8. The molecule has 2 nitrogen and oxygen atoms in total. The van der Waals surface area contributed by atoms with E-state index in [9.17, 15) is 0 Å². The largest absolute Gasteiger partial charge is 0.360 e. The number of quaternary nitrogens is 1. The van der Waals surface area contributed by atoms with Crippen LogP contribution < -0.4 is 4.90 Å². The lowest BCUT2D eigenvalue weighted by Crippen LogP contribution is -3.11. The fourth-order valence-corrected chi connectivity index (χ4v) is 4.84. The molecule has 1 fully saturated rings. The Labute approximate surface area is 157 Å². The minimum Gasteiger partial charge on any atom is -0.360 e. The molecule has 4 rings (SSSR count). The van der Waals surface area contributed by atoms with Crippen LogP contribution in [0.2, 0.25) is 10.0 Å². The van der Waals surface area contributed by atoms with Crippen molar-refractivity contribution in [2.45, 2.75) is 9.79 Å². The van der Waals surface area contributed by atoms with Crippen LogP contribution in [0, 0.1) is 0 Å². The van der Waals surface area contributed by atoms with E-state index in [4.69, 9.17) is 23.2 Å². The maximum Gasteiger partial charge on any atom is 0.0947 e. The molecule has 0 aromatic heterocycles. The standard InChI is InChI=1S/C19H18Cl2N2S/c1-22-8-10-23(11-9-22)16-12-13-4-2-3-5-17(13)24-19-14(16)6-7-15(20)18(19)21/h2-7,12H,8-11H2,1H3/p+1. The van der Waals surface area contributed by atoms with Crippen LogP contribution in [-0.4, -0.2) is 38.1 Å². The minimum absolute atomic E-state index is 0.615. The lowest BCUT2D eigenvalue weighted by Gasteiger charge is -2.34. The first-order valence-corrected chi connectivity index (χ1v) is 9.74. The molecule has 0 radical (unpaired) electrons. The average molecular weight is 378 g/mol. The Morgan fingerprint density at radius 2 is 1.79 bits per heavy atom. The van der Waals surface area contributed by atoms with Gasteiger partial charge in [-0.3, -0.25) is 0 Å². The lowest BCUT2D eigenvalue weighted by atomic mass is 10.1. The summed E-state index contributed by atoms with van der Waals surface area (Å²) in [6, 6.07) is 12.5. The van der Waals surface area contributed by atoms with Gasteiger partial charge in [-0.05, 0) is 23.8 Å². The normalized spacial score (nSPS) is 17.8. The van der Waals surface area contributed by atoms with Gasteiger partial charge in [0.1, 0.15) is 0 Å². The Balaban J connectivity index is 1.87. The van der Waals surface area contributed by atoms with E-state index in [2.05, 4.69) is 48.4 Å². The molecule has 2 aromatic rings. The average Bonchev–Trinajstić information content (AvgIpc) is 2.76. The fourth-order valence-electron chi connectivity index (χ4n) is 3.25. The van der Waals surface area contributed by atoms with E-state index in [-0.39, 0.29) is 0 Å². The number of likely N-dealkylation sites (N-methyl/N-ethyl adjacent to an activating group) is 1. The summed E-state index contributed by atoms with van der Waals surface area (Å²) in [6.45, 7) is 4.43. The maximum atomic E-state index is 6.57. The van der Waals surface area contributed by atoms with Crippen LogP contribution in [0.5, 0.6) is 0 Å². The van der Waals surface area contributed by atoms with Gasteiger partial charge < -0.3 is 9.80 Å². The molecular weight excluding hydrogens is 359 g/mol. The minimum atomic E-state index is 0.615. The van der Waals surface area contributed by atoms with Crippen molar-refractivity contribution < 1.29 is 4.90 Å². The predicted octanol–water partition coefficient (Wildman–Crippen LogP) is 3.79. The van der Waals surface area contributed by atoms with Crippen molar-refractivity contribution in [1.29, 1.82) is 0 Å². The maximum absolute atomic E-state index is 6.57. The van der Waals surface area contributed by atoms with Crippen LogP contribution in [0.4, 0.5) is 0 Å². The molecule has 24 heavy (non-hydrogen) atoms. The second-order valence-corrected chi connectivity index (χ2v) is 8.19. The monoisotopic (exact) mass is 377 g/mol. The van der Waals surface area contributed by atoms with Gasteiger partial charge in [0, 0.05) is 21.1 Å². The molecule has 1 N–H and O–H groups in total. The van der Waals surface area contributed by atoms with E-state index in [0.717, 1.165) is 31.1 Å². The second-order valence-electron chi connectivity index (χ2n) is 6.35. The fraction of sp³-hybridized carbons (Fsp3) is 0.263. The first-order chi connectivity index (χ1) is 11.6. The number of nitrogens with zero attached hydrogens (tertiary/aromatic N) is 1. The highest BCUT2D eigenvalue weighted by molar-refractivity contribution is 7.99. The van der Waals surface area contributed by atoms with Crippen LogP contribution in [-0.2, 0) is 0 Å². The third kappa shape index (κ3) is 2.95. The van der Waals surface area contributed by atoms with Crippen molar-refractivity contribution in [3.63, 3.8) is 0 Å². The molecule has 0 unspecified atom stereocenters. The van der Waals surface area contributed by atoms with Crippen LogP contribution in [0.25, 0.3) is 11.8 Å². The molecule has 5 heteroatoms. The first-order valence-electron chi connectivity index (χ1n) is 8.16. The third-order valence-electron chi connectivity index (χ3n) is 4.71. The van der Waals surface area contributed by atoms with Gasteiger partial charge in [0.15, 0.2) is 0 Å². The SMILES string of the molecule is C[NH+]1CCN(C2=Cc3ccccc3Sc3c2ccc(Cl)c3Cl)CC1. The number of nitrogens with one attached hydrogen (secondary N) is 1. The number of fused-ring (bicyclic) bond motifs is 2. The van der Waals surface area contributed by atoms with Gasteiger partial charge in [-0.1, -0.05) is 59.2 Å². The molecule has 2 aliphatic heterocycles. The molecule has 0 saturated carbocycles.